The molecular formula is C22H21ClFN5O2. The minimum absolute atomic E-state index is 0.135. The molecule has 0 spiro atoms. The number of benzene rings is 2. The van der Waals surface area contributed by atoms with Crippen LogP contribution in [0.4, 0.5) is 10.1 Å². The molecule has 1 aromatic heterocycles. The highest BCUT2D eigenvalue weighted by Crippen LogP contribution is 2.29. The summed E-state index contributed by atoms with van der Waals surface area (Å²) in [6.07, 6.45) is -0.253. The summed E-state index contributed by atoms with van der Waals surface area (Å²) in [7, 11) is 0. The molecule has 2 aliphatic rings. The number of para-hydroxylation sites is 1. The summed E-state index contributed by atoms with van der Waals surface area (Å²) in [4.78, 5) is 17.1. The van der Waals surface area contributed by atoms with E-state index in [1.165, 1.54) is 12.1 Å². The normalized spacial score (nSPS) is 18.7. The Labute approximate surface area is 184 Å². The molecule has 0 aliphatic carbocycles. The minimum Gasteiger partial charge on any atom is -0.367 e. The SMILES string of the molecule is O=C(c1nnn2c1CO[C@@H](c1ccc(F)cc1)C2)N1CCN(c2ccccc2Cl)CC1. The van der Waals surface area contributed by atoms with Crippen LogP contribution in [0.5, 0.6) is 0 Å². The second-order valence-electron chi connectivity index (χ2n) is 7.65. The summed E-state index contributed by atoms with van der Waals surface area (Å²) in [5.74, 6) is -0.424. The Hall–Kier alpha value is -2.97. The monoisotopic (exact) mass is 441 g/mol. The number of ether oxygens (including phenoxy) is 1. The Balaban J connectivity index is 1.26. The third kappa shape index (κ3) is 3.88. The first-order chi connectivity index (χ1) is 15.1. The molecule has 0 N–H and O–H groups in total. The number of rotatable bonds is 3. The lowest BCUT2D eigenvalue weighted by molar-refractivity contribution is -0.00199. The van der Waals surface area contributed by atoms with Gasteiger partial charge < -0.3 is 14.5 Å². The Morgan fingerprint density at radius 2 is 1.81 bits per heavy atom. The van der Waals surface area contributed by atoms with E-state index in [-0.39, 0.29) is 24.4 Å². The fourth-order valence-corrected chi connectivity index (χ4v) is 4.32. The number of hydrogen-bond acceptors (Lipinski definition) is 5. The van der Waals surface area contributed by atoms with Crippen molar-refractivity contribution in [3.05, 3.63) is 76.3 Å². The average molecular weight is 442 g/mol. The molecule has 0 saturated carbocycles. The van der Waals surface area contributed by atoms with Gasteiger partial charge in [-0.05, 0) is 29.8 Å². The zero-order valence-corrected chi connectivity index (χ0v) is 17.5. The van der Waals surface area contributed by atoms with Crippen molar-refractivity contribution in [2.45, 2.75) is 19.3 Å². The van der Waals surface area contributed by atoms with Crippen molar-refractivity contribution in [3.63, 3.8) is 0 Å². The van der Waals surface area contributed by atoms with Gasteiger partial charge in [0.1, 0.15) is 11.9 Å². The number of halogens is 2. The lowest BCUT2D eigenvalue weighted by Gasteiger charge is -2.36. The smallest absolute Gasteiger partial charge is 0.276 e. The quantitative estimate of drug-likeness (QED) is 0.624. The van der Waals surface area contributed by atoms with Crippen molar-refractivity contribution >= 4 is 23.2 Å². The van der Waals surface area contributed by atoms with Gasteiger partial charge in [-0.15, -0.1) is 5.10 Å². The van der Waals surface area contributed by atoms with Gasteiger partial charge in [-0.3, -0.25) is 4.79 Å². The van der Waals surface area contributed by atoms with E-state index in [1.54, 1.807) is 21.7 Å². The minimum atomic E-state index is -0.288. The molecule has 7 nitrogen and oxygen atoms in total. The van der Waals surface area contributed by atoms with E-state index in [2.05, 4.69) is 15.2 Å². The fraction of sp³-hybridized carbons (Fsp3) is 0.318. The first-order valence-corrected chi connectivity index (χ1v) is 10.6. The molecule has 2 aliphatic heterocycles. The summed E-state index contributed by atoms with van der Waals surface area (Å²) in [5, 5.41) is 9.04. The van der Waals surface area contributed by atoms with Crippen molar-refractivity contribution in [1.29, 1.82) is 0 Å². The predicted octanol–water partition coefficient (Wildman–Crippen LogP) is 3.30. The van der Waals surface area contributed by atoms with E-state index in [1.807, 2.05) is 24.3 Å². The molecule has 5 rings (SSSR count). The van der Waals surface area contributed by atoms with E-state index >= 15 is 0 Å². The zero-order chi connectivity index (χ0) is 21.4. The molecule has 160 valence electrons. The summed E-state index contributed by atoms with van der Waals surface area (Å²) < 4.78 is 20.8. The molecular weight excluding hydrogens is 421 g/mol. The van der Waals surface area contributed by atoms with Gasteiger partial charge in [-0.2, -0.15) is 0 Å². The molecule has 1 saturated heterocycles. The van der Waals surface area contributed by atoms with Crippen LogP contribution in [0.3, 0.4) is 0 Å². The molecule has 3 aromatic rings. The summed E-state index contributed by atoms with van der Waals surface area (Å²) in [5.41, 5.74) is 2.87. The molecule has 0 unspecified atom stereocenters. The first kappa shape index (κ1) is 20.0. The molecule has 0 radical (unpaired) electrons. The topological polar surface area (TPSA) is 63.5 Å². The van der Waals surface area contributed by atoms with E-state index in [9.17, 15) is 9.18 Å². The highest BCUT2D eigenvalue weighted by Gasteiger charge is 2.31. The van der Waals surface area contributed by atoms with Gasteiger partial charge in [0.2, 0.25) is 0 Å². The second kappa shape index (κ2) is 8.28. The fourth-order valence-electron chi connectivity index (χ4n) is 4.07. The number of anilines is 1. The molecule has 2 aromatic carbocycles. The van der Waals surface area contributed by atoms with Crippen LogP contribution in [0.25, 0.3) is 0 Å². The number of carbonyl (C=O) groups is 1. The van der Waals surface area contributed by atoms with Crippen LogP contribution in [0, 0.1) is 5.82 Å². The Kier molecular flexibility index (Phi) is 5.33. The number of piperazine rings is 1. The number of fused-ring (bicyclic) bond motifs is 1. The largest absolute Gasteiger partial charge is 0.367 e. The van der Waals surface area contributed by atoms with Crippen LogP contribution in [-0.2, 0) is 17.9 Å². The van der Waals surface area contributed by atoms with Crippen molar-refractivity contribution < 1.29 is 13.9 Å². The number of aromatic nitrogens is 3. The van der Waals surface area contributed by atoms with Gasteiger partial charge >= 0.3 is 0 Å². The first-order valence-electron chi connectivity index (χ1n) is 10.2. The van der Waals surface area contributed by atoms with Crippen LogP contribution in [0.15, 0.2) is 48.5 Å². The van der Waals surface area contributed by atoms with Gasteiger partial charge in [0.25, 0.3) is 5.91 Å². The van der Waals surface area contributed by atoms with E-state index in [0.29, 0.717) is 49.1 Å². The number of hydrogen-bond donors (Lipinski definition) is 0. The maximum Gasteiger partial charge on any atom is 0.276 e. The van der Waals surface area contributed by atoms with Gasteiger partial charge in [-0.1, -0.05) is 41.1 Å². The van der Waals surface area contributed by atoms with Crippen LogP contribution in [0.1, 0.15) is 27.8 Å². The van der Waals surface area contributed by atoms with E-state index < -0.39 is 0 Å². The van der Waals surface area contributed by atoms with E-state index in [4.69, 9.17) is 16.3 Å². The molecule has 31 heavy (non-hydrogen) atoms. The average Bonchev–Trinajstić information content (AvgIpc) is 3.23. The number of carbonyl (C=O) groups excluding carboxylic acids is 1. The lowest BCUT2D eigenvalue weighted by atomic mass is 10.1. The van der Waals surface area contributed by atoms with Crippen molar-refractivity contribution in [1.82, 2.24) is 19.9 Å². The summed E-state index contributed by atoms with van der Waals surface area (Å²) >= 11 is 6.31. The zero-order valence-electron chi connectivity index (χ0n) is 16.7. The van der Waals surface area contributed by atoms with Crippen LogP contribution in [-0.4, -0.2) is 52.0 Å². The van der Waals surface area contributed by atoms with Crippen LogP contribution in [0.2, 0.25) is 5.02 Å². The Bertz CT molecular complexity index is 1100. The molecule has 9 heteroatoms. The van der Waals surface area contributed by atoms with Gasteiger partial charge in [-0.25, -0.2) is 9.07 Å². The van der Waals surface area contributed by atoms with Crippen molar-refractivity contribution in [2.75, 3.05) is 31.1 Å². The molecule has 3 heterocycles. The number of amides is 1. The molecule has 0 bridgehead atoms. The lowest BCUT2D eigenvalue weighted by Crippen LogP contribution is -2.49. The second-order valence-corrected chi connectivity index (χ2v) is 8.06. The maximum absolute atomic E-state index is 13.2. The number of nitrogens with zero attached hydrogens (tertiary/aromatic N) is 5. The maximum atomic E-state index is 13.2. The summed E-state index contributed by atoms with van der Waals surface area (Å²) in [6.45, 7) is 3.21. The third-order valence-electron chi connectivity index (χ3n) is 5.80. The van der Waals surface area contributed by atoms with Crippen molar-refractivity contribution in [3.8, 4) is 0 Å². The summed E-state index contributed by atoms with van der Waals surface area (Å²) in [6, 6.07) is 13.9. The predicted molar refractivity (Wildman–Crippen MR) is 114 cm³/mol. The standard InChI is InChI=1S/C22H21ClFN5O2/c23-17-3-1-2-4-18(17)27-9-11-28(12-10-27)22(30)21-19-14-31-20(13-29(19)26-25-21)15-5-7-16(24)8-6-15/h1-8,20H,9-14H2/t20-/m1/s1. The Morgan fingerprint density at radius 1 is 1.06 bits per heavy atom. The van der Waals surface area contributed by atoms with Crippen LogP contribution < -0.4 is 4.90 Å². The van der Waals surface area contributed by atoms with Crippen molar-refractivity contribution in [2.24, 2.45) is 0 Å². The van der Waals surface area contributed by atoms with Gasteiger partial charge in [0.05, 0.1) is 29.6 Å². The van der Waals surface area contributed by atoms with Gasteiger partial charge in [0, 0.05) is 26.2 Å². The highest BCUT2D eigenvalue weighted by atomic mass is 35.5. The molecule has 1 fully saturated rings. The Morgan fingerprint density at radius 3 is 2.55 bits per heavy atom. The molecule has 1 atom stereocenters. The molecule has 1 amide bonds. The van der Waals surface area contributed by atoms with Crippen LogP contribution >= 0.6 is 11.6 Å². The van der Waals surface area contributed by atoms with E-state index in [0.717, 1.165) is 11.3 Å². The third-order valence-corrected chi connectivity index (χ3v) is 6.12. The highest BCUT2D eigenvalue weighted by molar-refractivity contribution is 6.33. The van der Waals surface area contributed by atoms with Gasteiger partial charge in [0.15, 0.2) is 5.69 Å².